The molecule has 1 amide bonds. The number of aromatic nitrogens is 2. The Morgan fingerprint density at radius 2 is 2.09 bits per heavy atom. The highest BCUT2D eigenvalue weighted by Crippen LogP contribution is 2.25. The largest absolute Gasteiger partial charge is 0.348 e. The molecule has 2 atom stereocenters. The first-order valence-corrected chi connectivity index (χ1v) is 8.72. The van der Waals surface area contributed by atoms with Crippen LogP contribution in [0.25, 0.3) is 5.65 Å². The number of carbonyl (C=O) groups is 1. The molecule has 22 heavy (non-hydrogen) atoms. The van der Waals surface area contributed by atoms with E-state index in [1.165, 1.54) is 19.3 Å². The number of hydrogen-bond acceptors (Lipinski definition) is 2. The van der Waals surface area contributed by atoms with Crippen molar-refractivity contribution in [2.75, 3.05) is 0 Å². The Morgan fingerprint density at radius 3 is 2.82 bits per heavy atom. The van der Waals surface area contributed by atoms with Crippen LogP contribution >= 0.6 is 15.9 Å². The minimum Gasteiger partial charge on any atom is -0.348 e. The van der Waals surface area contributed by atoms with Crippen molar-refractivity contribution in [3.63, 3.8) is 0 Å². The molecule has 0 aliphatic heterocycles. The van der Waals surface area contributed by atoms with Gasteiger partial charge < -0.3 is 5.32 Å². The molecule has 0 spiro atoms. The normalized spacial score (nSPS) is 22.0. The second-order valence-electron chi connectivity index (χ2n) is 6.42. The molecule has 3 rings (SSSR count). The van der Waals surface area contributed by atoms with Crippen LogP contribution < -0.4 is 5.32 Å². The Bertz CT molecular complexity index is 722. The summed E-state index contributed by atoms with van der Waals surface area (Å²) >= 11 is 3.50. The minimum atomic E-state index is -0.0127. The molecular weight excluding hydrogens is 342 g/mol. The number of aryl methyl sites for hydroxylation is 2. The van der Waals surface area contributed by atoms with Crippen molar-refractivity contribution in [2.45, 2.75) is 52.5 Å². The SMILES string of the molecule is Cc1nc2c(C)cc(Br)cn2c1C(=O)NC1CCCCC1C. The summed E-state index contributed by atoms with van der Waals surface area (Å²) in [5.41, 5.74) is 3.34. The first-order chi connectivity index (χ1) is 10.5. The zero-order valence-corrected chi connectivity index (χ0v) is 14.9. The average molecular weight is 364 g/mol. The van der Waals surface area contributed by atoms with Gasteiger partial charge in [0.15, 0.2) is 0 Å². The van der Waals surface area contributed by atoms with Crippen LogP contribution in [-0.2, 0) is 0 Å². The van der Waals surface area contributed by atoms with Crippen molar-refractivity contribution in [3.8, 4) is 0 Å². The third-order valence-corrected chi connectivity index (χ3v) is 5.12. The topological polar surface area (TPSA) is 46.4 Å². The summed E-state index contributed by atoms with van der Waals surface area (Å²) in [4.78, 5) is 17.4. The van der Waals surface area contributed by atoms with Crippen LogP contribution in [-0.4, -0.2) is 21.3 Å². The number of pyridine rings is 1. The predicted octanol–water partition coefficient (Wildman–Crippen LogP) is 4.02. The van der Waals surface area contributed by atoms with Gasteiger partial charge in [0.2, 0.25) is 0 Å². The number of fused-ring (bicyclic) bond motifs is 1. The molecule has 1 aliphatic rings. The van der Waals surface area contributed by atoms with Crippen molar-refractivity contribution >= 4 is 27.5 Å². The van der Waals surface area contributed by atoms with Crippen molar-refractivity contribution in [1.82, 2.24) is 14.7 Å². The number of carbonyl (C=O) groups excluding carboxylic acids is 1. The lowest BCUT2D eigenvalue weighted by Gasteiger charge is -2.29. The maximum absolute atomic E-state index is 12.8. The zero-order chi connectivity index (χ0) is 15.9. The third kappa shape index (κ3) is 2.78. The molecule has 5 heteroatoms. The van der Waals surface area contributed by atoms with Crippen LogP contribution in [0.15, 0.2) is 16.7 Å². The lowest BCUT2D eigenvalue weighted by atomic mass is 9.86. The smallest absolute Gasteiger partial charge is 0.270 e. The van der Waals surface area contributed by atoms with E-state index >= 15 is 0 Å². The van der Waals surface area contributed by atoms with Gasteiger partial charge in [-0.15, -0.1) is 0 Å². The van der Waals surface area contributed by atoms with Gasteiger partial charge in [0.05, 0.1) is 5.69 Å². The molecule has 2 aromatic rings. The second kappa shape index (κ2) is 6.03. The van der Waals surface area contributed by atoms with Crippen LogP contribution in [0.2, 0.25) is 0 Å². The fraction of sp³-hybridized carbons (Fsp3) is 0.529. The summed E-state index contributed by atoms with van der Waals surface area (Å²) in [7, 11) is 0. The molecule has 0 radical (unpaired) electrons. The predicted molar refractivity (Wildman–Crippen MR) is 91.3 cm³/mol. The Morgan fingerprint density at radius 1 is 1.36 bits per heavy atom. The molecule has 2 heterocycles. The van der Waals surface area contributed by atoms with E-state index in [2.05, 4.69) is 33.2 Å². The van der Waals surface area contributed by atoms with Gasteiger partial charge in [0, 0.05) is 16.7 Å². The van der Waals surface area contributed by atoms with Crippen LogP contribution in [0.5, 0.6) is 0 Å². The number of nitrogens with one attached hydrogen (secondary N) is 1. The van der Waals surface area contributed by atoms with Gasteiger partial charge in [0.25, 0.3) is 5.91 Å². The van der Waals surface area contributed by atoms with Gasteiger partial charge in [-0.2, -0.15) is 0 Å². The van der Waals surface area contributed by atoms with Crippen molar-refractivity contribution < 1.29 is 4.79 Å². The van der Waals surface area contributed by atoms with E-state index in [9.17, 15) is 4.79 Å². The van der Waals surface area contributed by atoms with E-state index in [-0.39, 0.29) is 11.9 Å². The molecule has 1 fully saturated rings. The number of halogens is 1. The van der Waals surface area contributed by atoms with E-state index in [1.807, 2.05) is 30.5 Å². The monoisotopic (exact) mass is 363 g/mol. The molecule has 0 aromatic carbocycles. The highest BCUT2D eigenvalue weighted by atomic mass is 79.9. The lowest BCUT2D eigenvalue weighted by molar-refractivity contribution is 0.0903. The summed E-state index contributed by atoms with van der Waals surface area (Å²) in [5.74, 6) is 0.534. The first kappa shape index (κ1) is 15.5. The number of nitrogens with zero attached hydrogens (tertiary/aromatic N) is 2. The van der Waals surface area contributed by atoms with Crippen LogP contribution in [0, 0.1) is 19.8 Å². The molecule has 0 saturated heterocycles. The van der Waals surface area contributed by atoms with Gasteiger partial charge >= 0.3 is 0 Å². The van der Waals surface area contributed by atoms with Crippen molar-refractivity contribution in [1.29, 1.82) is 0 Å². The standard InChI is InChI=1S/C17H22BrN3O/c1-10-6-4-5-7-14(10)20-17(22)15-12(3)19-16-11(2)8-13(18)9-21(15)16/h8-10,14H,4-7H2,1-3H3,(H,20,22). The molecule has 2 aromatic heterocycles. The van der Waals surface area contributed by atoms with Crippen LogP contribution in [0.4, 0.5) is 0 Å². The fourth-order valence-corrected chi connectivity index (χ4v) is 3.97. The van der Waals surface area contributed by atoms with Crippen molar-refractivity contribution in [3.05, 3.63) is 33.7 Å². The maximum Gasteiger partial charge on any atom is 0.270 e. The number of imidazole rings is 1. The van der Waals surface area contributed by atoms with E-state index in [4.69, 9.17) is 0 Å². The Balaban J connectivity index is 1.95. The van der Waals surface area contributed by atoms with E-state index in [0.717, 1.165) is 27.8 Å². The Labute approximate surface area is 139 Å². The number of rotatable bonds is 2. The molecule has 1 saturated carbocycles. The van der Waals surface area contributed by atoms with Crippen LogP contribution in [0.3, 0.4) is 0 Å². The quantitative estimate of drug-likeness (QED) is 0.875. The van der Waals surface area contributed by atoms with Crippen LogP contribution in [0.1, 0.15) is 54.4 Å². The first-order valence-electron chi connectivity index (χ1n) is 7.93. The molecule has 0 bridgehead atoms. The zero-order valence-electron chi connectivity index (χ0n) is 13.3. The summed E-state index contributed by atoms with van der Waals surface area (Å²) in [5, 5.41) is 3.23. The fourth-order valence-electron chi connectivity index (χ4n) is 3.42. The highest BCUT2D eigenvalue weighted by Gasteiger charge is 2.25. The van der Waals surface area contributed by atoms with E-state index in [1.54, 1.807) is 0 Å². The van der Waals surface area contributed by atoms with Gasteiger partial charge in [-0.3, -0.25) is 9.20 Å². The summed E-state index contributed by atoms with van der Waals surface area (Å²) in [6.45, 7) is 6.14. The maximum atomic E-state index is 12.8. The summed E-state index contributed by atoms with van der Waals surface area (Å²) in [6.07, 6.45) is 6.66. The van der Waals surface area contributed by atoms with E-state index < -0.39 is 0 Å². The molecular formula is C17H22BrN3O. The summed E-state index contributed by atoms with van der Waals surface area (Å²) < 4.78 is 2.85. The van der Waals surface area contributed by atoms with Crippen molar-refractivity contribution in [2.24, 2.45) is 5.92 Å². The second-order valence-corrected chi connectivity index (χ2v) is 7.34. The van der Waals surface area contributed by atoms with Gasteiger partial charge in [-0.05, 0) is 60.2 Å². The van der Waals surface area contributed by atoms with Gasteiger partial charge in [-0.25, -0.2) is 4.98 Å². The number of hydrogen-bond donors (Lipinski definition) is 1. The number of amides is 1. The molecule has 1 N–H and O–H groups in total. The minimum absolute atomic E-state index is 0.0127. The average Bonchev–Trinajstić information content (AvgIpc) is 2.78. The Kier molecular flexibility index (Phi) is 4.26. The van der Waals surface area contributed by atoms with Gasteiger partial charge in [-0.1, -0.05) is 19.8 Å². The molecule has 4 nitrogen and oxygen atoms in total. The highest BCUT2D eigenvalue weighted by molar-refractivity contribution is 9.10. The third-order valence-electron chi connectivity index (χ3n) is 4.69. The molecule has 2 unspecified atom stereocenters. The lowest BCUT2D eigenvalue weighted by Crippen LogP contribution is -2.41. The Hall–Kier alpha value is -1.36. The van der Waals surface area contributed by atoms with E-state index in [0.29, 0.717) is 11.6 Å². The molecule has 1 aliphatic carbocycles. The summed E-state index contributed by atoms with van der Waals surface area (Å²) in [6, 6.07) is 2.30. The van der Waals surface area contributed by atoms with Gasteiger partial charge in [0.1, 0.15) is 11.3 Å². The molecule has 118 valence electrons.